The molecule has 0 bridgehead atoms. The molecule has 2 rings (SSSR count). The van der Waals surface area contributed by atoms with Crippen LogP contribution in [0.1, 0.15) is 44.2 Å². The van der Waals surface area contributed by atoms with Crippen LogP contribution in [-0.2, 0) is 5.41 Å². The summed E-state index contributed by atoms with van der Waals surface area (Å²) in [5.74, 6) is 0.541. The summed E-state index contributed by atoms with van der Waals surface area (Å²) in [5.41, 5.74) is 14.9. The molecule has 0 aromatic heterocycles. The van der Waals surface area contributed by atoms with Crippen LogP contribution in [0.4, 0.5) is 0 Å². The minimum Gasteiger partial charge on any atom is -0.329 e. The lowest BCUT2D eigenvalue weighted by Gasteiger charge is -2.36. The van der Waals surface area contributed by atoms with Crippen LogP contribution in [0.15, 0.2) is 24.3 Å². The molecule has 1 saturated heterocycles. The molecule has 4 N–H and O–H groups in total. The fourth-order valence-corrected chi connectivity index (χ4v) is 3.09. The molecular weight excluding hydrogens is 246 g/mol. The van der Waals surface area contributed by atoms with E-state index in [4.69, 9.17) is 11.5 Å². The summed E-state index contributed by atoms with van der Waals surface area (Å²) >= 11 is 0. The zero-order valence-corrected chi connectivity index (χ0v) is 13.1. The molecule has 1 aromatic rings. The van der Waals surface area contributed by atoms with Gasteiger partial charge in [0.25, 0.3) is 0 Å². The maximum atomic E-state index is 6.20. The monoisotopic (exact) mass is 275 g/mol. The molecule has 1 fully saturated rings. The van der Waals surface area contributed by atoms with Gasteiger partial charge in [-0.1, -0.05) is 45.0 Å². The van der Waals surface area contributed by atoms with Crippen molar-refractivity contribution >= 4 is 0 Å². The van der Waals surface area contributed by atoms with Crippen molar-refractivity contribution in [2.45, 2.75) is 44.6 Å². The molecule has 1 heterocycles. The third-order valence-corrected chi connectivity index (χ3v) is 4.25. The average Bonchev–Trinajstić information content (AvgIpc) is 2.37. The number of benzene rings is 1. The topological polar surface area (TPSA) is 55.3 Å². The van der Waals surface area contributed by atoms with Crippen molar-refractivity contribution in [2.75, 3.05) is 26.2 Å². The molecule has 0 aliphatic carbocycles. The third-order valence-electron chi connectivity index (χ3n) is 4.25. The highest BCUT2D eigenvalue weighted by molar-refractivity contribution is 5.30. The van der Waals surface area contributed by atoms with E-state index in [2.05, 4.69) is 49.9 Å². The Labute approximate surface area is 123 Å². The van der Waals surface area contributed by atoms with Crippen LogP contribution in [0.3, 0.4) is 0 Å². The fraction of sp³-hybridized carbons (Fsp3) is 0.647. The van der Waals surface area contributed by atoms with Crippen LogP contribution in [0.5, 0.6) is 0 Å². The Kier molecular flexibility index (Phi) is 4.84. The van der Waals surface area contributed by atoms with Crippen molar-refractivity contribution < 1.29 is 0 Å². The van der Waals surface area contributed by atoms with Crippen LogP contribution in [-0.4, -0.2) is 37.1 Å². The van der Waals surface area contributed by atoms with Crippen molar-refractivity contribution in [1.29, 1.82) is 0 Å². The Balaban J connectivity index is 2.10. The van der Waals surface area contributed by atoms with E-state index in [0.29, 0.717) is 12.5 Å². The zero-order valence-electron chi connectivity index (χ0n) is 13.1. The predicted octanol–water partition coefficient (Wildman–Crippen LogP) is 2.06. The molecule has 2 atom stereocenters. The van der Waals surface area contributed by atoms with Crippen LogP contribution in [0.25, 0.3) is 0 Å². The Bertz CT molecular complexity index is 419. The molecule has 0 spiro atoms. The second-order valence-electron chi connectivity index (χ2n) is 7.11. The summed E-state index contributed by atoms with van der Waals surface area (Å²) < 4.78 is 0. The maximum absolute atomic E-state index is 6.20. The Morgan fingerprint density at radius 1 is 1.15 bits per heavy atom. The molecule has 1 aliphatic heterocycles. The number of likely N-dealkylation sites (tertiary alicyclic amines) is 1. The number of hydrogen-bond donors (Lipinski definition) is 2. The van der Waals surface area contributed by atoms with Crippen LogP contribution >= 0.6 is 0 Å². The Hall–Kier alpha value is -0.900. The molecular formula is C17H29N3. The van der Waals surface area contributed by atoms with Gasteiger partial charge in [-0.2, -0.15) is 0 Å². The van der Waals surface area contributed by atoms with Crippen molar-refractivity contribution in [1.82, 2.24) is 4.90 Å². The molecule has 0 amide bonds. The van der Waals surface area contributed by atoms with Gasteiger partial charge in [-0.05, 0) is 28.9 Å². The zero-order chi connectivity index (χ0) is 14.8. The molecule has 20 heavy (non-hydrogen) atoms. The third kappa shape index (κ3) is 3.81. The number of nitrogens with zero attached hydrogens (tertiary/aromatic N) is 1. The summed E-state index contributed by atoms with van der Waals surface area (Å²) in [7, 11) is 0. The predicted molar refractivity (Wildman–Crippen MR) is 86.0 cm³/mol. The highest BCUT2D eigenvalue weighted by atomic mass is 15.2. The summed E-state index contributed by atoms with van der Waals surface area (Å²) in [6, 6.07) is 9.36. The van der Waals surface area contributed by atoms with Gasteiger partial charge in [-0.3, -0.25) is 4.90 Å². The van der Waals surface area contributed by atoms with Gasteiger partial charge in [0.15, 0.2) is 0 Å². The van der Waals surface area contributed by atoms with Crippen molar-refractivity contribution in [3.63, 3.8) is 0 Å². The molecule has 2 unspecified atom stereocenters. The number of hydrogen-bond acceptors (Lipinski definition) is 3. The average molecular weight is 275 g/mol. The van der Waals surface area contributed by atoms with E-state index in [0.717, 1.165) is 26.1 Å². The van der Waals surface area contributed by atoms with Crippen LogP contribution in [0.2, 0.25) is 0 Å². The Morgan fingerprint density at radius 3 is 2.35 bits per heavy atom. The second-order valence-corrected chi connectivity index (χ2v) is 7.11. The molecule has 1 aliphatic rings. The summed E-state index contributed by atoms with van der Waals surface area (Å²) in [6.45, 7) is 10.5. The first kappa shape index (κ1) is 15.5. The highest BCUT2D eigenvalue weighted by Gasteiger charge is 2.26. The number of rotatable bonds is 3. The van der Waals surface area contributed by atoms with E-state index < -0.39 is 0 Å². The highest BCUT2D eigenvalue weighted by Crippen LogP contribution is 2.29. The van der Waals surface area contributed by atoms with Gasteiger partial charge in [0.1, 0.15) is 0 Å². The first-order chi connectivity index (χ1) is 9.40. The van der Waals surface area contributed by atoms with Crippen LogP contribution < -0.4 is 11.5 Å². The normalized spacial score (nSPS) is 24.9. The molecule has 3 nitrogen and oxygen atoms in total. The lowest BCUT2D eigenvalue weighted by atomic mass is 9.83. The standard InChI is InChI=1S/C17H29N3/c1-17(2,3)15-6-4-13(5-7-15)14-10-16(19)12-20(11-14)9-8-18/h4-7,14,16H,8-12,18-19H2,1-3H3. The van der Waals surface area contributed by atoms with E-state index in [1.165, 1.54) is 11.1 Å². The van der Waals surface area contributed by atoms with Gasteiger partial charge in [-0.15, -0.1) is 0 Å². The van der Waals surface area contributed by atoms with E-state index in [1.54, 1.807) is 0 Å². The maximum Gasteiger partial charge on any atom is 0.0174 e. The van der Waals surface area contributed by atoms with E-state index in [1.807, 2.05) is 0 Å². The number of piperidine rings is 1. The largest absolute Gasteiger partial charge is 0.329 e. The van der Waals surface area contributed by atoms with Crippen molar-refractivity contribution in [3.8, 4) is 0 Å². The van der Waals surface area contributed by atoms with Crippen molar-refractivity contribution in [3.05, 3.63) is 35.4 Å². The fourth-order valence-electron chi connectivity index (χ4n) is 3.09. The van der Waals surface area contributed by atoms with Gasteiger partial charge < -0.3 is 11.5 Å². The van der Waals surface area contributed by atoms with E-state index in [-0.39, 0.29) is 11.5 Å². The van der Waals surface area contributed by atoms with E-state index in [9.17, 15) is 0 Å². The second kappa shape index (κ2) is 6.25. The smallest absolute Gasteiger partial charge is 0.0174 e. The number of nitrogens with two attached hydrogens (primary N) is 2. The quantitative estimate of drug-likeness (QED) is 0.888. The lowest BCUT2D eigenvalue weighted by molar-refractivity contribution is 0.193. The minimum atomic E-state index is 0.215. The van der Waals surface area contributed by atoms with E-state index >= 15 is 0 Å². The summed E-state index contributed by atoms with van der Waals surface area (Å²) in [6.07, 6.45) is 1.08. The van der Waals surface area contributed by atoms with Gasteiger partial charge in [0.05, 0.1) is 0 Å². The van der Waals surface area contributed by atoms with Gasteiger partial charge >= 0.3 is 0 Å². The Morgan fingerprint density at radius 2 is 1.80 bits per heavy atom. The molecule has 3 heteroatoms. The first-order valence-corrected chi connectivity index (χ1v) is 7.68. The molecule has 1 aromatic carbocycles. The van der Waals surface area contributed by atoms with Gasteiger partial charge in [-0.25, -0.2) is 0 Å². The van der Waals surface area contributed by atoms with Crippen LogP contribution in [0, 0.1) is 0 Å². The van der Waals surface area contributed by atoms with Gasteiger partial charge in [0, 0.05) is 32.2 Å². The molecule has 112 valence electrons. The summed E-state index contributed by atoms with van der Waals surface area (Å²) in [5, 5.41) is 0. The SMILES string of the molecule is CC(C)(C)c1ccc(C2CC(N)CN(CCN)C2)cc1. The molecule has 0 radical (unpaired) electrons. The van der Waals surface area contributed by atoms with Gasteiger partial charge in [0.2, 0.25) is 0 Å². The van der Waals surface area contributed by atoms with Crippen molar-refractivity contribution in [2.24, 2.45) is 11.5 Å². The first-order valence-electron chi connectivity index (χ1n) is 7.68. The molecule has 0 saturated carbocycles. The summed E-state index contributed by atoms with van der Waals surface area (Å²) in [4.78, 5) is 2.40. The minimum absolute atomic E-state index is 0.215. The lowest BCUT2D eigenvalue weighted by Crippen LogP contribution is -2.47.